The Balaban J connectivity index is 1.65. The Bertz CT molecular complexity index is 687. The van der Waals surface area contributed by atoms with Crippen molar-refractivity contribution in [3.05, 3.63) is 59.7 Å². The third-order valence-electron chi connectivity index (χ3n) is 4.08. The number of thiocarbonyl (C=S) groups is 1. The van der Waals surface area contributed by atoms with Crippen molar-refractivity contribution in [3.8, 4) is 5.75 Å². The van der Waals surface area contributed by atoms with Gasteiger partial charge in [-0.15, -0.1) is 0 Å². The summed E-state index contributed by atoms with van der Waals surface area (Å²) in [6.07, 6.45) is 3.46. The summed E-state index contributed by atoms with van der Waals surface area (Å²) in [4.78, 5) is 0. The summed E-state index contributed by atoms with van der Waals surface area (Å²) in [6, 6.07) is 16.8. The van der Waals surface area contributed by atoms with Crippen molar-refractivity contribution in [3.63, 3.8) is 0 Å². The summed E-state index contributed by atoms with van der Waals surface area (Å²) < 4.78 is 5.52. The van der Waals surface area contributed by atoms with Crippen LogP contribution in [0.15, 0.2) is 48.5 Å². The standard InChI is InChI=1S/C19H22N2OS/c1-2-22-16-10-6-9-15(13-16)20-19(23)21-18-12-5-8-14-7-3-4-11-17(14)18/h3-4,6-7,9-11,13,18H,2,5,8,12H2,1H3,(H2,20,21,23)/t18-/m0/s1. The second-order valence-electron chi connectivity index (χ2n) is 5.70. The number of hydrogen-bond acceptors (Lipinski definition) is 2. The highest BCUT2D eigenvalue weighted by Gasteiger charge is 2.20. The monoisotopic (exact) mass is 326 g/mol. The number of fused-ring (bicyclic) bond motifs is 1. The van der Waals surface area contributed by atoms with E-state index in [0.717, 1.165) is 24.3 Å². The number of nitrogens with one attached hydrogen (secondary N) is 2. The smallest absolute Gasteiger partial charge is 0.171 e. The van der Waals surface area contributed by atoms with E-state index >= 15 is 0 Å². The van der Waals surface area contributed by atoms with Gasteiger partial charge in [-0.05, 0) is 61.7 Å². The average Bonchev–Trinajstić information content (AvgIpc) is 2.56. The van der Waals surface area contributed by atoms with Gasteiger partial charge in [-0.1, -0.05) is 30.3 Å². The third kappa shape index (κ3) is 4.02. The number of hydrogen-bond donors (Lipinski definition) is 2. The van der Waals surface area contributed by atoms with Crippen LogP contribution in [0.3, 0.4) is 0 Å². The Kier molecular flexibility index (Phi) is 5.13. The van der Waals surface area contributed by atoms with Crippen LogP contribution >= 0.6 is 12.2 Å². The van der Waals surface area contributed by atoms with Gasteiger partial charge in [-0.25, -0.2) is 0 Å². The summed E-state index contributed by atoms with van der Waals surface area (Å²) >= 11 is 5.49. The van der Waals surface area contributed by atoms with Crippen LogP contribution in [0.5, 0.6) is 5.75 Å². The van der Waals surface area contributed by atoms with Crippen LogP contribution < -0.4 is 15.4 Å². The molecule has 4 heteroatoms. The van der Waals surface area contributed by atoms with Crippen LogP contribution in [-0.4, -0.2) is 11.7 Å². The van der Waals surface area contributed by atoms with Gasteiger partial charge in [-0.2, -0.15) is 0 Å². The molecule has 0 saturated heterocycles. The molecule has 0 amide bonds. The molecule has 1 aliphatic rings. The predicted octanol–water partition coefficient (Wildman–Crippen LogP) is 4.45. The molecule has 0 spiro atoms. The predicted molar refractivity (Wildman–Crippen MR) is 99.1 cm³/mol. The second kappa shape index (κ2) is 7.47. The maximum atomic E-state index is 5.52. The first kappa shape index (κ1) is 15.8. The molecule has 1 atom stereocenters. The molecule has 3 nitrogen and oxygen atoms in total. The van der Waals surface area contributed by atoms with Crippen molar-refractivity contribution >= 4 is 23.0 Å². The normalized spacial score (nSPS) is 16.3. The van der Waals surface area contributed by atoms with Crippen molar-refractivity contribution in [2.24, 2.45) is 0 Å². The largest absolute Gasteiger partial charge is 0.494 e. The van der Waals surface area contributed by atoms with Gasteiger partial charge in [0.2, 0.25) is 0 Å². The van der Waals surface area contributed by atoms with Gasteiger partial charge in [0.05, 0.1) is 12.6 Å². The van der Waals surface area contributed by atoms with Crippen LogP contribution in [0, 0.1) is 0 Å². The molecule has 0 saturated carbocycles. The van der Waals surface area contributed by atoms with Crippen LogP contribution in [0.4, 0.5) is 5.69 Å². The maximum Gasteiger partial charge on any atom is 0.171 e. The fourth-order valence-corrected chi connectivity index (χ4v) is 3.32. The number of rotatable bonds is 4. The van der Waals surface area contributed by atoms with E-state index in [0.29, 0.717) is 11.7 Å². The molecule has 0 fully saturated rings. The van der Waals surface area contributed by atoms with E-state index in [1.807, 2.05) is 31.2 Å². The minimum Gasteiger partial charge on any atom is -0.494 e. The van der Waals surface area contributed by atoms with E-state index in [4.69, 9.17) is 17.0 Å². The number of aryl methyl sites for hydroxylation is 1. The molecule has 2 aromatic carbocycles. The van der Waals surface area contributed by atoms with Gasteiger partial charge in [0.1, 0.15) is 5.75 Å². The van der Waals surface area contributed by atoms with Gasteiger partial charge >= 0.3 is 0 Å². The third-order valence-corrected chi connectivity index (χ3v) is 4.30. The minimum atomic E-state index is 0.287. The van der Waals surface area contributed by atoms with Crippen LogP contribution in [0.1, 0.15) is 36.9 Å². The minimum absolute atomic E-state index is 0.287. The van der Waals surface area contributed by atoms with Gasteiger partial charge in [0.15, 0.2) is 5.11 Å². The van der Waals surface area contributed by atoms with E-state index in [1.54, 1.807) is 0 Å². The maximum absolute atomic E-state index is 5.52. The number of benzene rings is 2. The molecule has 0 heterocycles. The molecule has 23 heavy (non-hydrogen) atoms. The van der Waals surface area contributed by atoms with Crippen molar-refractivity contribution in [1.29, 1.82) is 0 Å². The van der Waals surface area contributed by atoms with Crippen LogP contribution in [0.25, 0.3) is 0 Å². The average molecular weight is 326 g/mol. The zero-order chi connectivity index (χ0) is 16.1. The van der Waals surface area contributed by atoms with Crippen LogP contribution in [0.2, 0.25) is 0 Å². The zero-order valence-corrected chi connectivity index (χ0v) is 14.2. The Hall–Kier alpha value is -2.07. The summed E-state index contributed by atoms with van der Waals surface area (Å²) in [5.41, 5.74) is 3.74. The highest BCUT2D eigenvalue weighted by Crippen LogP contribution is 2.29. The lowest BCUT2D eigenvalue weighted by Crippen LogP contribution is -2.34. The van der Waals surface area contributed by atoms with E-state index in [9.17, 15) is 0 Å². The Morgan fingerprint density at radius 3 is 2.96 bits per heavy atom. The van der Waals surface area contributed by atoms with Gasteiger partial charge in [0, 0.05) is 11.8 Å². The first-order valence-corrected chi connectivity index (χ1v) is 8.55. The SMILES string of the molecule is CCOc1cccc(NC(=S)N[C@H]2CCCc3ccccc32)c1. The lowest BCUT2D eigenvalue weighted by molar-refractivity contribution is 0.340. The van der Waals surface area contributed by atoms with Crippen molar-refractivity contribution in [1.82, 2.24) is 5.32 Å². The second-order valence-corrected chi connectivity index (χ2v) is 6.11. The molecule has 0 aliphatic heterocycles. The quantitative estimate of drug-likeness (QED) is 0.813. The first-order valence-electron chi connectivity index (χ1n) is 8.14. The molecule has 0 unspecified atom stereocenters. The topological polar surface area (TPSA) is 33.3 Å². The Labute approximate surface area is 143 Å². The van der Waals surface area contributed by atoms with Crippen molar-refractivity contribution in [2.45, 2.75) is 32.2 Å². The molecular weight excluding hydrogens is 304 g/mol. The molecule has 2 N–H and O–H groups in total. The fraction of sp³-hybridized carbons (Fsp3) is 0.316. The van der Waals surface area contributed by atoms with Crippen LogP contribution in [-0.2, 0) is 6.42 Å². The summed E-state index contributed by atoms with van der Waals surface area (Å²) in [5.74, 6) is 0.850. The number of ether oxygens (including phenoxy) is 1. The molecule has 2 aromatic rings. The highest BCUT2D eigenvalue weighted by atomic mass is 32.1. The lowest BCUT2D eigenvalue weighted by atomic mass is 9.88. The lowest BCUT2D eigenvalue weighted by Gasteiger charge is -2.27. The molecule has 1 aliphatic carbocycles. The molecule has 0 bridgehead atoms. The van der Waals surface area contributed by atoms with Gasteiger partial charge in [0.25, 0.3) is 0 Å². The summed E-state index contributed by atoms with van der Waals surface area (Å²) in [6.45, 7) is 2.64. The molecule has 0 radical (unpaired) electrons. The number of anilines is 1. The van der Waals surface area contributed by atoms with E-state index < -0.39 is 0 Å². The molecule has 120 valence electrons. The van der Waals surface area contributed by atoms with Gasteiger partial charge < -0.3 is 15.4 Å². The Morgan fingerprint density at radius 1 is 1.22 bits per heavy atom. The van der Waals surface area contributed by atoms with E-state index in [1.165, 1.54) is 17.5 Å². The Morgan fingerprint density at radius 2 is 2.09 bits per heavy atom. The molecule has 3 rings (SSSR count). The van der Waals surface area contributed by atoms with E-state index in [-0.39, 0.29) is 6.04 Å². The zero-order valence-electron chi connectivity index (χ0n) is 13.3. The summed E-state index contributed by atoms with van der Waals surface area (Å²) in [5, 5.41) is 7.37. The van der Waals surface area contributed by atoms with E-state index in [2.05, 4.69) is 34.9 Å². The highest BCUT2D eigenvalue weighted by molar-refractivity contribution is 7.80. The molecule has 0 aromatic heterocycles. The first-order chi connectivity index (χ1) is 11.3. The fourth-order valence-electron chi connectivity index (χ4n) is 3.06. The summed E-state index contributed by atoms with van der Waals surface area (Å²) in [7, 11) is 0. The van der Waals surface area contributed by atoms with Crippen molar-refractivity contribution in [2.75, 3.05) is 11.9 Å². The molecular formula is C19H22N2OS. The van der Waals surface area contributed by atoms with Crippen molar-refractivity contribution < 1.29 is 4.74 Å². The van der Waals surface area contributed by atoms with Gasteiger partial charge in [-0.3, -0.25) is 0 Å².